The molecule has 358 valence electrons. The maximum absolute atomic E-state index is 14.0. The number of unbranched alkanes of at least 4 members (excludes halogenated alkanes) is 15. The van der Waals surface area contributed by atoms with Gasteiger partial charge in [0.2, 0.25) is 0 Å². The summed E-state index contributed by atoms with van der Waals surface area (Å²) < 4.78 is 12.5. The Bertz CT molecular complexity index is 1890. The fourth-order valence-corrected chi connectivity index (χ4v) is 10.6. The van der Waals surface area contributed by atoms with Gasteiger partial charge in [0, 0.05) is 17.5 Å². The number of benzene rings is 3. The highest BCUT2D eigenvalue weighted by molar-refractivity contribution is 7.39. The first kappa shape index (κ1) is 53.9. The summed E-state index contributed by atoms with van der Waals surface area (Å²) in [7, 11) is -2.75. The fourth-order valence-electron chi connectivity index (χ4n) is 10.3. The molecule has 0 unspecified atom stereocenters. The second-order valence-electron chi connectivity index (χ2n) is 23.5. The molecule has 0 aromatic heterocycles. The van der Waals surface area contributed by atoms with E-state index in [4.69, 9.17) is 9.26 Å². The van der Waals surface area contributed by atoms with E-state index in [2.05, 4.69) is 128 Å². The van der Waals surface area contributed by atoms with Gasteiger partial charge in [0.15, 0.2) is 0 Å². The number of aryl methyl sites for hydroxylation is 2. The predicted octanol–water partition coefficient (Wildman–Crippen LogP) is 17.1. The van der Waals surface area contributed by atoms with Crippen LogP contribution in [0.25, 0.3) is 22.3 Å². The molecular weight excluding hydrogens is 808 g/mol. The van der Waals surface area contributed by atoms with Crippen LogP contribution in [0.1, 0.15) is 249 Å². The predicted molar refractivity (Wildman–Crippen MR) is 275 cm³/mol. The second-order valence-corrected chi connectivity index (χ2v) is 24.2. The molecule has 0 spiro atoms. The number of carbonyl (C=O) groups excluding carboxylic acids is 1. The van der Waals surface area contributed by atoms with Gasteiger partial charge < -0.3 is 19.0 Å². The third-order valence-corrected chi connectivity index (χ3v) is 13.6. The van der Waals surface area contributed by atoms with E-state index < -0.39 is 19.4 Å². The quantitative estimate of drug-likeness (QED) is 0.0467. The van der Waals surface area contributed by atoms with E-state index in [-0.39, 0.29) is 23.2 Å². The first-order valence-corrected chi connectivity index (χ1v) is 26.6. The molecule has 0 amide bonds. The van der Waals surface area contributed by atoms with Gasteiger partial charge in [-0.25, -0.2) is 0 Å². The summed E-state index contributed by atoms with van der Waals surface area (Å²) >= 11 is 0. The fraction of sp³-hybridized carbons (Fsp3) is 0.672. The lowest BCUT2D eigenvalue weighted by Crippen LogP contribution is -2.27. The molecule has 0 saturated heterocycles. The van der Waals surface area contributed by atoms with Gasteiger partial charge in [-0.05, 0) is 105 Å². The van der Waals surface area contributed by atoms with Crippen molar-refractivity contribution in [1.82, 2.24) is 0 Å². The minimum Gasteiger partial charge on any atom is -0.466 e. The van der Waals surface area contributed by atoms with Crippen molar-refractivity contribution in [3.05, 3.63) is 74.3 Å². The van der Waals surface area contributed by atoms with E-state index in [1.54, 1.807) is 0 Å². The lowest BCUT2D eigenvalue weighted by molar-refractivity contribution is -0.143. The van der Waals surface area contributed by atoms with Crippen LogP contribution in [0.5, 0.6) is 5.75 Å². The largest absolute Gasteiger partial charge is 0.466 e. The van der Waals surface area contributed by atoms with Gasteiger partial charge in [-0.15, -0.1) is 0 Å². The maximum atomic E-state index is 14.0. The van der Waals surface area contributed by atoms with E-state index in [9.17, 15) is 14.6 Å². The average Bonchev–Trinajstić information content (AvgIpc) is 3.15. The van der Waals surface area contributed by atoms with Crippen LogP contribution in [0.4, 0.5) is 0 Å². The number of hydrogen-bond donors (Lipinski definition) is 2. The van der Waals surface area contributed by atoms with Gasteiger partial charge in [-0.3, -0.25) is 4.79 Å². The first-order chi connectivity index (χ1) is 29.9. The van der Waals surface area contributed by atoms with Crippen LogP contribution in [0.3, 0.4) is 0 Å². The highest BCUT2D eigenvalue weighted by Crippen LogP contribution is 2.59. The highest BCUT2D eigenvalue weighted by Gasteiger charge is 2.41. The summed E-state index contributed by atoms with van der Waals surface area (Å²) in [6, 6.07) is 9.38. The molecular formula is C58H91O5P. The molecule has 64 heavy (non-hydrogen) atoms. The van der Waals surface area contributed by atoms with Crippen LogP contribution < -0.4 is 4.52 Å². The summed E-state index contributed by atoms with van der Waals surface area (Å²) in [6.45, 7) is 34.0. The number of esters is 1. The number of hydrogen-bond acceptors (Lipinski definition) is 5. The van der Waals surface area contributed by atoms with Gasteiger partial charge in [-0.1, -0.05) is 222 Å². The molecule has 4 rings (SSSR count). The zero-order valence-corrected chi connectivity index (χ0v) is 44.4. The Balaban J connectivity index is 1.71. The summed E-state index contributed by atoms with van der Waals surface area (Å²) in [5.74, 6) is 0.384. The molecule has 1 aliphatic rings. The molecule has 2 bridgehead atoms. The molecule has 6 heteroatoms. The third kappa shape index (κ3) is 14.6. The van der Waals surface area contributed by atoms with Crippen molar-refractivity contribution in [1.29, 1.82) is 0 Å². The van der Waals surface area contributed by atoms with Gasteiger partial charge in [0.1, 0.15) is 5.75 Å². The maximum Gasteiger partial charge on any atom is 0.391 e. The van der Waals surface area contributed by atoms with Crippen molar-refractivity contribution in [3.8, 4) is 28.0 Å². The zero-order valence-electron chi connectivity index (χ0n) is 43.5. The van der Waals surface area contributed by atoms with E-state index in [0.717, 1.165) is 47.1 Å². The van der Waals surface area contributed by atoms with E-state index in [1.165, 1.54) is 134 Å². The molecule has 0 saturated carbocycles. The van der Waals surface area contributed by atoms with Gasteiger partial charge in [0.25, 0.3) is 0 Å². The molecule has 0 radical (unpaired) electrons. The van der Waals surface area contributed by atoms with Crippen molar-refractivity contribution in [2.75, 3.05) is 6.61 Å². The monoisotopic (exact) mass is 899 g/mol. The topological polar surface area (TPSA) is 76.0 Å². The Morgan fingerprint density at radius 1 is 0.547 bits per heavy atom. The number of fused-ring (bicyclic) bond motifs is 6. The van der Waals surface area contributed by atoms with Gasteiger partial charge >= 0.3 is 14.6 Å². The third-order valence-electron chi connectivity index (χ3n) is 13.3. The van der Waals surface area contributed by atoms with Crippen LogP contribution in [0.2, 0.25) is 0 Å². The Labute approximate surface area is 393 Å². The molecule has 5 nitrogen and oxygen atoms in total. The smallest absolute Gasteiger partial charge is 0.391 e. The molecule has 3 aromatic carbocycles. The normalized spacial score (nSPS) is 13.2. The van der Waals surface area contributed by atoms with E-state index in [1.807, 2.05) is 0 Å². The number of ether oxygens (including phenoxy) is 1. The van der Waals surface area contributed by atoms with Crippen LogP contribution in [0, 0.1) is 13.8 Å². The summed E-state index contributed by atoms with van der Waals surface area (Å²) in [5.41, 5.74) is 13.5. The molecule has 2 N–H and O–H groups in total. The standard InChI is InChI=1S/C58H91O5P/c1-16-17-18-19-20-21-22-23-24-25-26-27-28-29-30-31-34-62-47(59)33-32-44-50-48-42(35-40(2)37-45(48)55(4,5)6)39-43-36-41(3)38-46(56(7,8)9)49(43)51(44)53(58(13,14)15)54(63-64(60)61)52(50)57(10,11)12/h35-38,60-61H,16-34,39H2,1-15H3. The molecule has 0 atom stereocenters. The number of rotatable bonds is 22. The van der Waals surface area contributed by atoms with Gasteiger partial charge in [-0.2, -0.15) is 0 Å². The van der Waals surface area contributed by atoms with E-state index in [0.29, 0.717) is 18.8 Å². The second kappa shape index (κ2) is 23.3. The summed E-state index contributed by atoms with van der Waals surface area (Å²) in [5, 5.41) is 0. The minimum absolute atomic E-state index is 0.167. The van der Waals surface area contributed by atoms with Crippen LogP contribution in [0.15, 0.2) is 24.3 Å². The van der Waals surface area contributed by atoms with Gasteiger partial charge in [0.05, 0.1) is 6.61 Å². The Morgan fingerprint density at radius 2 is 0.922 bits per heavy atom. The van der Waals surface area contributed by atoms with Crippen LogP contribution in [-0.2, 0) is 44.0 Å². The minimum atomic E-state index is -2.75. The molecule has 3 aromatic rings. The van der Waals surface area contributed by atoms with Crippen molar-refractivity contribution in [2.24, 2.45) is 0 Å². The first-order valence-electron chi connectivity index (χ1n) is 25.4. The lowest BCUT2D eigenvalue weighted by atomic mass is 9.64. The summed E-state index contributed by atoms with van der Waals surface area (Å²) in [6.07, 6.45) is 22.4. The van der Waals surface area contributed by atoms with Crippen molar-refractivity contribution in [3.63, 3.8) is 0 Å². The SMILES string of the molecule is CCCCCCCCCCCCCCCCCCOC(=O)CCc1c2c(C(C)(C)C)c(OP(O)O)c(C(C)(C)C)c1-c1c(cc(C)cc1C(C)(C)C)Cc1cc(C)cc(C(C)(C)C)c1-2. The summed E-state index contributed by atoms with van der Waals surface area (Å²) in [4.78, 5) is 35.6. The van der Waals surface area contributed by atoms with Crippen LogP contribution >= 0.6 is 8.60 Å². The number of carbonyl (C=O) groups is 1. The molecule has 0 heterocycles. The van der Waals surface area contributed by atoms with E-state index >= 15 is 0 Å². The molecule has 0 aliphatic heterocycles. The average molecular weight is 899 g/mol. The Kier molecular flexibility index (Phi) is 19.6. The van der Waals surface area contributed by atoms with Crippen LogP contribution in [-0.4, -0.2) is 22.4 Å². The molecule has 1 aliphatic carbocycles. The zero-order chi connectivity index (χ0) is 47.6. The van der Waals surface area contributed by atoms with Crippen molar-refractivity contribution in [2.45, 2.75) is 248 Å². The van der Waals surface area contributed by atoms with Crippen molar-refractivity contribution >= 4 is 14.6 Å². The van der Waals surface area contributed by atoms with Crippen molar-refractivity contribution < 1.29 is 23.8 Å². The molecule has 0 fully saturated rings. The Hall–Kier alpha value is -2.72. The lowest BCUT2D eigenvalue weighted by Gasteiger charge is -2.40. The highest BCUT2D eigenvalue weighted by atomic mass is 31.2. The Morgan fingerprint density at radius 3 is 1.27 bits per heavy atom.